The molecule has 0 atom stereocenters. The number of hydrogen-bond donors (Lipinski definition) is 0. The lowest BCUT2D eigenvalue weighted by Gasteiger charge is -2.11. The van der Waals surface area contributed by atoms with Crippen LogP contribution in [-0.2, 0) is 7.05 Å². The van der Waals surface area contributed by atoms with Crippen molar-refractivity contribution < 1.29 is 8.98 Å². The van der Waals surface area contributed by atoms with Gasteiger partial charge in [-0.05, 0) is 79.1 Å². The van der Waals surface area contributed by atoms with E-state index < -0.39 is 0 Å². The predicted octanol–water partition coefficient (Wildman–Crippen LogP) is 8.10. The van der Waals surface area contributed by atoms with Gasteiger partial charge in [-0.25, -0.2) is 4.57 Å². The molecule has 7 aromatic rings. The van der Waals surface area contributed by atoms with Crippen LogP contribution in [0.2, 0.25) is 0 Å². The van der Waals surface area contributed by atoms with E-state index in [2.05, 4.69) is 128 Å². The largest absolute Gasteiger partial charge is 0.456 e. The van der Waals surface area contributed by atoms with Gasteiger partial charge >= 0.3 is 0 Å². The highest BCUT2D eigenvalue weighted by molar-refractivity contribution is 6.11. The second kappa shape index (κ2) is 7.56. The molecule has 36 heavy (non-hydrogen) atoms. The molecule has 0 unspecified atom stereocenters. The Balaban J connectivity index is 1.58. The van der Waals surface area contributed by atoms with Crippen LogP contribution in [0.4, 0.5) is 0 Å². The molecule has 0 aliphatic carbocycles. The van der Waals surface area contributed by atoms with Gasteiger partial charge in [-0.15, -0.1) is 0 Å². The van der Waals surface area contributed by atoms with Crippen molar-refractivity contribution in [1.29, 1.82) is 0 Å². The van der Waals surface area contributed by atoms with Gasteiger partial charge in [-0.1, -0.05) is 54.6 Å². The van der Waals surface area contributed by atoms with Gasteiger partial charge in [0.15, 0.2) is 11.0 Å². The first-order valence-corrected chi connectivity index (χ1v) is 12.4. The molecule has 0 radical (unpaired) electrons. The van der Waals surface area contributed by atoms with Crippen LogP contribution in [0.15, 0.2) is 95.4 Å². The average molecular weight is 468 g/mol. The standard InChI is InChI=1S/C33H27N2O/c1-20-10-9-11-21(2)31(20)35-29-15-8-7-14-28(29)34(4)33(35)25-16-17-26-27-18-23-12-5-6-13-24(23)19-30(27)36-32(26)22(25)3/h5-19H,1-4H3/q+1. The molecule has 0 saturated heterocycles. The van der Waals surface area contributed by atoms with E-state index in [0.717, 1.165) is 33.3 Å². The third-order valence-electron chi connectivity index (χ3n) is 7.67. The second-order valence-corrected chi connectivity index (χ2v) is 9.86. The number of aryl methyl sites for hydroxylation is 4. The Labute approximate surface area is 209 Å². The molecule has 5 aromatic carbocycles. The highest BCUT2D eigenvalue weighted by Crippen LogP contribution is 2.39. The van der Waals surface area contributed by atoms with Crippen molar-refractivity contribution in [1.82, 2.24) is 4.57 Å². The van der Waals surface area contributed by atoms with Crippen LogP contribution in [-0.4, -0.2) is 4.57 Å². The summed E-state index contributed by atoms with van der Waals surface area (Å²) < 4.78 is 11.3. The zero-order valence-corrected chi connectivity index (χ0v) is 21.0. The molecule has 0 N–H and O–H groups in total. The van der Waals surface area contributed by atoms with E-state index in [9.17, 15) is 0 Å². The Morgan fingerprint density at radius 1 is 0.694 bits per heavy atom. The fourth-order valence-electron chi connectivity index (χ4n) is 5.90. The van der Waals surface area contributed by atoms with Gasteiger partial charge in [-0.3, -0.25) is 0 Å². The van der Waals surface area contributed by atoms with Gasteiger partial charge in [0, 0.05) is 16.3 Å². The highest BCUT2D eigenvalue weighted by atomic mass is 16.3. The summed E-state index contributed by atoms with van der Waals surface area (Å²) in [6.07, 6.45) is 0. The first-order chi connectivity index (χ1) is 17.5. The number of fused-ring (bicyclic) bond motifs is 5. The maximum absolute atomic E-state index is 6.54. The number of hydrogen-bond acceptors (Lipinski definition) is 1. The lowest BCUT2D eigenvalue weighted by atomic mass is 10.0. The van der Waals surface area contributed by atoms with Gasteiger partial charge in [0.1, 0.15) is 16.9 Å². The molecule has 7 rings (SSSR count). The molecule has 0 aliphatic rings. The Kier molecular flexibility index (Phi) is 4.40. The fraction of sp³-hybridized carbons (Fsp3) is 0.121. The molecular formula is C33H27N2O+. The molecule has 174 valence electrons. The lowest BCUT2D eigenvalue weighted by Crippen LogP contribution is -2.30. The molecule has 0 saturated carbocycles. The second-order valence-electron chi connectivity index (χ2n) is 9.86. The molecular weight excluding hydrogens is 440 g/mol. The normalized spacial score (nSPS) is 11.9. The third kappa shape index (κ3) is 2.83. The molecule has 0 spiro atoms. The van der Waals surface area contributed by atoms with E-state index in [1.807, 2.05) is 0 Å². The summed E-state index contributed by atoms with van der Waals surface area (Å²) in [4.78, 5) is 0. The highest BCUT2D eigenvalue weighted by Gasteiger charge is 2.29. The monoisotopic (exact) mass is 467 g/mol. The zero-order chi connectivity index (χ0) is 24.6. The first-order valence-electron chi connectivity index (χ1n) is 12.4. The minimum atomic E-state index is 0.934. The smallest absolute Gasteiger partial charge is 0.295 e. The fourth-order valence-corrected chi connectivity index (χ4v) is 5.90. The van der Waals surface area contributed by atoms with E-state index in [1.54, 1.807) is 0 Å². The van der Waals surface area contributed by atoms with Gasteiger partial charge < -0.3 is 4.42 Å². The van der Waals surface area contributed by atoms with Crippen molar-refractivity contribution in [2.75, 3.05) is 0 Å². The Morgan fingerprint density at radius 2 is 1.39 bits per heavy atom. The van der Waals surface area contributed by atoms with Crippen LogP contribution < -0.4 is 4.57 Å². The van der Waals surface area contributed by atoms with Crippen LogP contribution in [0.1, 0.15) is 16.7 Å². The maximum atomic E-state index is 6.54. The van der Waals surface area contributed by atoms with Crippen LogP contribution in [0.3, 0.4) is 0 Å². The number of nitrogens with zero attached hydrogens (tertiary/aromatic N) is 2. The van der Waals surface area contributed by atoms with E-state index in [4.69, 9.17) is 4.42 Å². The molecule has 0 amide bonds. The minimum absolute atomic E-state index is 0.934. The van der Waals surface area contributed by atoms with E-state index in [-0.39, 0.29) is 0 Å². The molecule has 0 bridgehead atoms. The summed E-state index contributed by atoms with van der Waals surface area (Å²) >= 11 is 0. The number of furan rings is 1. The quantitative estimate of drug-likeness (QED) is 0.235. The average Bonchev–Trinajstić information content (AvgIpc) is 3.39. The van der Waals surface area contributed by atoms with Crippen molar-refractivity contribution in [3.63, 3.8) is 0 Å². The number of rotatable bonds is 2. The Morgan fingerprint density at radius 3 is 2.17 bits per heavy atom. The van der Waals surface area contributed by atoms with Crippen molar-refractivity contribution >= 4 is 43.7 Å². The Bertz CT molecular complexity index is 1970. The molecule has 2 heterocycles. The zero-order valence-electron chi connectivity index (χ0n) is 21.0. The van der Waals surface area contributed by atoms with Crippen LogP contribution in [0.5, 0.6) is 0 Å². The molecule has 0 fully saturated rings. The maximum Gasteiger partial charge on any atom is 0.295 e. The molecule has 2 aromatic heterocycles. The summed E-state index contributed by atoms with van der Waals surface area (Å²) in [5, 5.41) is 4.76. The number of aromatic nitrogens is 2. The number of benzene rings is 5. The van der Waals surface area contributed by atoms with Crippen LogP contribution in [0, 0.1) is 20.8 Å². The predicted molar refractivity (Wildman–Crippen MR) is 149 cm³/mol. The number of para-hydroxylation sites is 3. The molecule has 0 aliphatic heterocycles. The number of imidazole rings is 1. The third-order valence-corrected chi connectivity index (χ3v) is 7.67. The topological polar surface area (TPSA) is 21.9 Å². The van der Waals surface area contributed by atoms with Crippen molar-refractivity contribution in [3.05, 3.63) is 108 Å². The SMILES string of the molecule is Cc1cccc(C)c1-n1c(-c2ccc3c(oc4cc5ccccc5cc43)c2C)[n+](C)c2ccccc21. The summed E-state index contributed by atoms with van der Waals surface area (Å²) in [6.45, 7) is 6.58. The summed E-state index contributed by atoms with van der Waals surface area (Å²) in [5.41, 5.74) is 10.4. The van der Waals surface area contributed by atoms with Crippen molar-refractivity contribution in [3.8, 4) is 17.1 Å². The minimum Gasteiger partial charge on any atom is -0.456 e. The summed E-state index contributed by atoms with van der Waals surface area (Å²) in [6, 6.07) is 32.6. The van der Waals surface area contributed by atoms with Crippen molar-refractivity contribution in [2.24, 2.45) is 7.05 Å². The van der Waals surface area contributed by atoms with Crippen LogP contribution >= 0.6 is 0 Å². The van der Waals surface area contributed by atoms with Crippen molar-refractivity contribution in [2.45, 2.75) is 20.8 Å². The molecule has 3 heteroatoms. The van der Waals surface area contributed by atoms with Gasteiger partial charge in [0.25, 0.3) is 5.82 Å². The van der Waals surface area contributed by atoms with Gasteiger partial charge in [0.2, 0.25) is 0 Å². The summed E-state index contributed by atoms with van der Waals surface area (Å²) in [5.74, 6) is 1.15. The van der Waals surface area contributed by atoms with E-state index in [0.29, 0.717) is 0 Å². The first kappa shape index (κ1) is 21.0. The lowest BCUT2D eigenvalue weighted by molar-refractivity contribution is -0.633. The van der Waals surface area contributed by atoms with E-state index >= 15 is 0 Å². The molecule has 3 nitrogen and oxygen atoms in total. The van der Waals surface area contributed by atoms with E-state index in [1.165, 1.54) is 44.2 Å². The van der Waals surface area contributed by atoms with Crippen LogP contribution in [0.25, 0.3) is 60.8 Å². The Hall–Kier alpha value is -4.37. The van der Waals surface area contributed by atoms with Gasteiger partial charge in [-0.2, -0.15) is 4.57 Å². The summed E-state index contributed by atoms with van der Waals surface area (Å²) in [7, 11) is 2.16. The van der Waals surface area contributed by atoms with Gasteiger partial charge in [0.05, 0.1) is 12.6 Å².